The topological polar surface area (TPSA) is 53.6 Å². The van der Waals surface area contributed by atoms with Crippen LogP contribution in [0.25, 0.3) is 0 Å². The summed E-state index contributed by atoms with van der Waals surface area (Å²) in [6.07, 6.45) is 0. The van der Waals surface area contributed by atoms with E-state index in [0.717, 1.165) is 19.6 Å². The number of methoxy groups -OCH3 is 1. The Morgan fingerprint density at radius 1 is 1.60 bits per heavy atom. The van der Waals surface area contributed by atoms with Gasteiger partial charge in [0.2, 0.25) is 5.91 Å². The lowest BCUT2D eigenvalue weighted by atomic mass is 10.2. The third-order valence-electron chi connectivity index (χ3n) is 3.26. The van der Waals surface area contributed by atoms with Crippen molar-refractivity contribution in [2.45, 2.75) is 13.0 Å². The fourth-order valence-electron chi connectivity index (χ4n) is 2.30. The van der Waals surface area contributed by atoms with E-state index in [2.05, 4.69) is 22.5 Å². The minimum atomic E-state index is -0.0275. The zero-order valence-corrected chi connectivity index (χ0v) is 12.5. The molecule has 2 N–H and O–H groups in total. The van der Waals surface area contributed by atoms with Crippen molar-refractivity contribution >= 4 is 23.2 Å². The molecular weight excluding hydrogens is 278 g/mol. The molecule has 110 valence electrons. The SMILES string of the molecule is COc1ccc(NC(=O)CN2CCNC(C)C2)cc1Cl. The Balaban J connectivity index is 1.89. The number of hydrogen-bond acceptors (Lipinski definition) is 4. The number of nitrogens with one attached hydrogen (secondary N) is 2. The molecule has 20 heavy (non-hydrogen) atoms. The number of halogens is 1. The molecule has 1 aromatic carbocycles. The number of piperazine rings is 1. The number of carbonyl (C=O) groups is 1. The van der Waals surface area contributed by atoms with Gasteiger partial charge in [-0.2, -0.15) is 0 Å². The molecule has 1 saturated heterocycles. The number of anilines is 1. The quantitative estimate of drug-likeness (QED) is 0.886. The first-order chi connectivity index (χ1) is 9.58. The van der Waals surface area contributed by atoms with Gasteiger partial charge in [0, 0.05) is 31.4 Å². The second kappa shape index (κ2) is 6.92. The first kappa shape index (κ1) is 15.1. The van der Waals surface area contributed by atoms with Crippen molar-refractivity contribution in [2.24, 2.45) is 0 Å². The Labute approximate surface area is 124 Å². The summed E-state index contributed by atoms with van der Waals surface area (Å²) in [5, 5.41) is 6.69. The maximum absolute atomic E-state index is 12.0. The highest BCUT2D eigenvalue weighted by atomic mass is 35.5. The van der Waals surface area contributed by atoms with Crippen LogP contribution >= 0.6 is 11.6 Å². The van der Waals surface area contributed by atoms with E-state index in [-0.39, 0.29) is 5.91 Å². The summed E-state index contributed by atoms with van der Waals surface area (Å²) in [7, 11) is 1.56. The lowest BCUT2D eigenvalue weighted by Crippen LogP contribution is -2.51. The average Bonchev–Trinajstić information content (AvgIpc) is 2.38. The third-order valence-corrected chi connectivity index (χ3v) is 3.55. The zero-order chi connectivity index (χ0) is 14.5. The van der Waals surface area contributed by atoms with E-state index in [1.165, 1.54) is 0 Å². The van der Waals surface area contributed by atoms with Crippen LogP contribution in [0.3, 0.4) is 0 Å². The Bertz CT molecular complexity index is 481. The van der Waals surface area contributed by atoms with E-state index in [1.54, 1.807) is 25.3 Å². The van der Waals surface area contributed by atoms with Gasteiger partial charge in [0.15, 0.2) is 0 Å². The molecule has 0 aromatic heterocycles. The minimum absolute atomic E-state index is 0.0275. The summed E-state index contributed by atoms with van der Waals surface area (Å²) in [5.41, 5.74) is 0.684. The van der Waals surface area contributed by atoms with Gasteiger partial charge >= 0.3 is 0 Å². The van der Waals surface area contributed by atoms with Crippen LogP contribution in [0.1, 0.15) is 6.92 Å². The lowest BCUT2D eigenvalue weighted by molar-refractivity contribution is -0.117. The van der Waals surface area contributed by atoms with Crippen LogP contribution in [-0.2, 0) is 4.79 Å². The molecule has 0 bridgehead atoms. The maximum atomic E-state index is 12.0. The molecule has 1 aliphatic rings. The molecule has 0 spiro atoms. The highest BCUT2D eigenvalue weighted by Gasteiger charge is 2.18. The van der Waals surface area contributed by atoms with Gasteiger partial charge in [0.05, 0.1) is 18.7 Å². The van der Waals surface area contributed by atoms with Gasteiger partial charge in [-0.25, -0.2) is 0 Å². The first-order valence-corrected chi connectivity index (χ1v) is 7.05. The third kappa shape index (κ3) is 4.10. The molecule has 1 unspecified atom stereocenters. The van der Waals surface area contributed by atoms with Crippen LogP contribution < -0.4 is 15.4 Å². The molecule has 1 fully saturated rings. The fourth-order valence-corrected chi connectivity index (χ4v) is 2.56. The molecular formula is C14H20ClN3O2. The molecule has 6 heteroatoms. The smallest absolute Gasteiger partial charge is 0.238 e. The van der Waals surface area contributed by atoms with E-state index in [9.17, 15) is 4.79 Å². The van der Waals surface area contributed by atoms with Crippen LogP contribution in [0.4, 0.5) is 5.69 Å². The first-order valence-electron chi connectivity index (χ1n) is 6.67. The lowest BCUT2D eigenvalue weighted by Gasteiger charge is -2.31. The van der Waals surface area contributed by atoms with Gasteiger partial charge in [0.25, 0.3) is 0 Å². The van der Waals surface area contributed by atoms with Gasteiger partial charge in [-0.1, -0.05) is 11.6 Å². The van der Waals surface area contributed by atoms with Crippen molar-refractivity contribution in [3.63, 3.8) is 0 Å². The number of amides is 1. The molecule has 1 aromatic rings. The van der Waals surface area contributed by atoms with E-state index in [4.69, 9.17) is 16.3 Å². The Hall–Kier alpha value is -1.30. The Morgan fingerprint density at radius 2 is 2.40 bits per heavy atom. The summed E-state index contributed by atoms with van der Waals surface area (Å²) < 4.78 is 5.08. The van der Waals surface area contributed by atoms with E-state index in [0.29, 0.717) is 29.0 Å². The maximum Gasteiger partial charge on any atom is 0.238 e. The monoisotopic (exact) mass is 297 g/mol. The van der Waals surface area contributed by atoms with Gasteiger partial charge in [-0.15, -0.1) is 0 Å². The van der Waals surface area contributed by atoms with Crippen molar-refractivity contribution in [1.29, 1.82) is 0 Å². The predicted octanol–water partition coefficient (Wildman–Crippen LogP) is 1.58. The van der Waals surface area contributed by atoms with Crippen LogP contribution in [0.2, 0.25) is 5.02 Å². The second-order valence-electron chi connectivity index (χ2n) is 4.99. The van der Waals surface area contributed by atoms with Crippen LogP contribution in [0.5, 0.6) is 5.75 Å². The number of nitrogens with zero attached hydrogens (tertiary/aromatic N) is 1. The molecule has 1 atom stereocenters. The van der Waals surface area contributed by atoms with E-state index < -0.39 is 0 Å². The van der Waals surface area contributed by atoms with Crippen molar-refractivity contribution in [3.8, 4) is 5.75 Å². The minimum Gasteiger partial charge on any atom is -0.495 e. The number of carbonyl (C=O) groups excluding carboxylic acids is 1. The molecule has 0 saturated carbocycles. The van der Waals surface area contributed by atoms with Gasteiger partial charge in [-0.3, -0.25) is 9.69 Å². The van der Waals surface area contributed by atoms with Crippen molar-refractivity contribution in [1.82, 2.24) is 10.2 Å². The highest BCUT2D eigenvalue weighted by Crippen LogP contribution is 2.27. The zero-order valence-electron chi connectivity index (χ0n) is 11.8. The normalized spacial score (nSPS) is 19.6. The van der Waals surface area contributed by atoms with Crippen LogP contribution in [0, 0.1) is 0 Å². The van der Waals surface area contributed by atoms with Crippen molar-refractivity contribution in [3.05, 3.63) is 23.2 Å². The molecule has 2 rings (SSSR count). The summed E-state index contributed by atoms with van der Waals surface area (Å²) in [5.74, 6) is 0.570. The summed E-state index contributed by atoms with van der Waals surface area (Å²) in [4.78, 5) is 14.1. The number of hydrogen-bond donors (Lipinski definition) is 2. The Morgan fingerprint density at radius 3 is 3.05 bits per heavy atom. The number of rotatable bonds is 4. The van der Waals surface area contributed by atoms with Crippen LogP contribution in [0.15, 0.2) is 18.2 Å². The van der Waals surface area contributed by atoms with E-state index >= 15 is 0 Å². The summed E-state index contributed by atoms with van der Waals surface area (Å²) >= 11 is 6.03. The molecule has 5 nitrogen and oxygen atoms in total. The summed E-state index contributed by atoms with van der Waals surface area (Å²) in [6.45, 7) is 5.21. The van der Waals surface area contributed by atoms with Crippen LogP contribution in [-0.4, -0.2) is 50.1 Å². The van der Waals surface area contributed by atoms with E-state index in [1.807, 2.05) is 0 Å². The van der Waals surface area contributed by atoms with Crippen molar-refractivity contribution < 1.29 is 9.53 Å². The largest absolute Gasteiger partial charge is 0.495 e. The van der Waals surface area contributed by atoms with Gasteiger partial charge in [0.1, 0.15) is 5.75 Å². The number of benzene rings is 1. The highest BCUT2D eigenvalue weighted by molar-refractivity contribution is 6.32. The molecule has 0 radical (unpaired) electrons. The molecule has 1 aliphatic heterocycles. The Kier molecular flexibility index (Phi) is 5.23. The average molecular weight is 298 g/mol. The fraction of sp³-hybridized carbons (Fsp3) is 0.500. The molecule has 1 amide bonds. The predicted molar refractivity (Wildman–Crippen MR) is 80.5 cm³/mol. The van der Waals surface area contributed by atoms with Gasteiger partial charge < -0.3 is 15.4 Å². The van der Waals surface area contributed by atoms with Gasteiger partial charge in [-0.05, 0) is 25.1 Å². The number of ether oxygens (including phenoxy) is 1. The molecule has 0 aliphatic carbocycles. The summed E-state index contributed by atoms with van der Waals surface area (Å²) in [6, 6.07) is 5.64. The molecule has 1 heterocycles. The van der Waals surface area contributed by atoms with Crippen molar-refractivity contribution in [2.75, 3.05) is 38.6 Å². The second-order valence-corrected chi connectivity index (χ2v) is 5.39. The standard InChI is InChI=1S/C14H20ClN3O2/c1-10-8-18(6-5-16-10)9-14(19)17-11-3-4-13(20-2)12(15)7-11/h3-4,7,10,16H,5-6,8-9H2,1-2H3,(H,17,19).